The van der Waals surface area contributed by atoms with Gasteiger partial charge in [0.25, 0.3) is 0 Å². The number of nitrogens with one attached hydrogen (secondary N) is 1. The van der Waals surface area contributed by atoms with Crippen LogP contribution in [0.3, 0.4) is 0 Å². The van der Waals surface area contributed by atoms with Crippen LogP contribution in [0, 0.1) is 5.82 Å². The molecule has 0 bridgehead atoms. The Hall–Kier alpha value is -0.810. The molecule has 3 heterocycles. The number of hydrogen-bond donors (Lipinski definition) is 1. The Morgan fingerprint density at radius 1 is 1.56 bits per heavy atom. The summed E-state index contributed by atoms with van der Waals surface area (Å²) in [6.07, 6.45) is 4.60. The molecule has 1 N–H and O–H groups in total. The molecule has 2 aliphatic rings. The van der Waals surface area contributed by atoms with Gasteiger partial charge in [0.15, 0.2) is 11.6 Å². The van der Waals surface area contributed by atoms with E-state index in [1.54, 1.807) is 12.3 Å². The normalized spacial score (nSPS) is 31.7. The van der Waals surface area contributed by atoms with Crippen molar-refractivity contribution in [3.05, 3.63) is 24.1 Å². The number of pyridine rings is 1. The van der Waals surface area contributed by atoms with E-state index in [0.29, 0.717) is 5.82 Å². The van der Waals surface area contributed by atoms with Crippen molar-refractivity contribution in [2.75, 3.05) is 23.4 Å². The fourth-order valence-corrected chi connectivity index (χ4v) is 4.08. The fraction of sp³-hybridized carbons (Fsp3) is 0.615. The van der Waals surface area contributed by atoms with Crippen molar-refractivity contribution in [2.45, 2.75) is 30.9 Å². The summed E-state index contributed by atoms with van der Waals surface area (Å²) in [6.45, 7) is 0.757. The lowest BCUT2D eigenvalue weighted by molar-refractivity contribution is -0.0628. The molecule has 2 aliphatic heterocycles. The lowest BCUT2D eigenvalue weighted by Gasteiger charge is -2.38. The second kappa shape index (κ2) is 5.05. The van der Waals surface area contributed by atoms with E-state index in [-0.39, 0.29) is 17.5 Å². The Morgan fingerprint density at radius 3 is 3.28 bits per heavy atom. The number of hydrogen-bond acceptors (Lipinski definition) is 4. The smallest absolute Gasteiger partial charge is 0.165 e. The molecule has 98 valence electrons. The zero-order valence-corrected chi connectivity index (χ0v) is 11.0. The van der Waals surface area contributed by atoms with Crippen LogP contribution in [0.15, 0.2) is 18.3 Å². The van der Waals surface area contributed by atoms with Crippen molar-refractivity contribution >= 4 is 17.6 Å². The van der Waals surface area contributed by atoms with Gasteiger partial charge in [0.1, 0.15) is 0 Å². The topological polar surface area (TPSA) is 34.2 Å². The monoisotopic (exact) mass is 268 g/mol. The minimum Gasteiger partial charge on any atom is -0.374 e. The van der Waals surface area contributed by atoms with Crippen LogP contribution in [-0.2, 0) is 4.74 Å². The first-order valence-corrected chi connectivity index (χ1v) is 7.52. The third-order valence-corrected chi connectivity index (χ3v) is 4.88. The van der Waals surface area contributed by atoms with Crippen molar-refractivity contribution < 1.29 is 9.13 Å². The number of thioether (sulfide) groups is 1. The Labute approximate surface area is 111 Å². The summed E-state index contributed by atoms with van der Waals surface area (Å²) < 4.78 is 19.5. The Kier molecular flexibility index (Phi) is 3.43. The van der Waals surface area contributed by atoms with Crippen LogP contribution in [-0.4, -0.2) is 34.7 Å². The Morgan fingerprint density at radius 2 is 2.50 bits per heavy atom. The first kappa shape index (κ1) is 12.2. The molecule has 3 rings (SSSR count). The van der Waals surface area contributed by atoms with Crippen LogP contribution >= 0.6 is 11.8 Å². The van der Waals surface area contributed by atoms with Gasteiger partial charge in [0.2, 0.25) is 0 Å². The van der Waals surface area contributed by atoms with E-state index >= 15 is 0 Å². The molecule has 0 amide bonds. The van der Waals surface area contributed by atoms with Gasteiger partial charge in [0, 0.05) is 24.6 Å². The van der Waals surface area contributed by atoms with Gasteiger partial charge >= 0.3 is 0 Å². The van der Waals surface area contributed by atoms with E-state index < -0.39 is 0 Å². The van der Waals surface area contributed by atoms with Crippen LogP contribution in [0.4, 0.5) is 10.2 Å². The van der Waals surface area contributed by atoms with Gasteiger partial charge in [-0.2, -0.15) is 11.8 Å². The minimum absolute atomic E-state index is 0.0197. The molecule has 1 aromatic heterocycles. The molecular weight excluding hydrogens is 251 g/mol. The zero-order valence-electron chi connectivity index (χ0n) is 10.2. The number of rotatable bonds is 2. The summed E-state index contributed by atoms with van der Waals surface area (Å²) in [6, 6.07) is 3.32. The quantitative estimate of drug-likeness (QED) is 0.894. The lowest BCUT2D eigenvalue weighted by Crippen LogP contribution is -2.44. The largest absolute Gasteiger partial charge is 0.374 e. The maximum Gasteiger partial charge on any atom is 0.165 e. The molecule has 2 saturated heterocycles. The molecule has 18 heavy (non-hydrogen) atoms. The van der Waals surface area contributed by atoms with Crippen LogP contribution in [0.1, 0.15) is 19.3 Å². The van der Waals surface area contributed by atoms with Crippen molar-refractivity contribution in [1.29, 1.82) is 0 Å². The SMILES string of the molecule is Fc1cccnc1N[C@@H]1CCO[C@]2(CCSC2)C1. The van der Waals surface area contributed by atoms with E-state index in [0.717, 1.165) is 31.6 Å². The van der Waals surface area contributed by atoms with E-state index in [9.17, 15) is 4.39 Å². The van der Waals surface area contributed by atoms with E-state index in [1.807, 2.05) is 11.8 Å². The van der Waals surface area contributed by atoms with Crippen LogP contribution in [0.25, 0.3) is 0 Å². The third kappa shape index (κ3) is 2.47. The van der Waals surface area contributed by atoms with E-state index in [1.165, 1.54) is 11.8 Å². The van der Waals surface area contributed by atoms with Crippen LogP contribution < -0.4 is 5.32 Å². The van der Waals surface area contributed by atoms with Crippen LogP contribution in [0.5, 0.6) is 0 Å². The van der Waals surface area contributed by atoms with E-state index in [2.05, 4.69) is 10.3 Å². The predicted molar refractivity (Wildman–Crippen MR) is 71.5 cm³/mol. The second-order valence-electron chi connectivity index (χ2n) is 5.00. The molecule has 0 aliphatic carbocycles. The molecule has 5 heteroatoms. The number of halogens is 1. The summed E-state index contributed by atoms with van der Waals surface area (Å²) in [7, 11) is 0. The number of aromatic nitrogens is 1. The van der Waals surface area contributed by atoms with Crippen molar-refractivity contribution in [3.8, 4) is 0 Å². The number of ether oxygens (including phenoxy) is 1. The van der Waals surface area contributed by atoms with Crippen molar-refractivity contribution in [2.24, 2.45) is 0 Å². The molecule has 1 aromatic rings. The summed E-state index contributed by atoms with van der Waals surface area (Å²) in [5.74, 6) is 2.32. The lowest BCUT2D eigenvalue weighted by atomic mass is 9.90. The summed E-state index contributed by atoms with van der Waals surface area (Å²) in [5.41, 5.74) is 0.0197. The third-order valence-electron chi connectivity index (χ3n) is 3.66. The zero-order chi connectivity index (χ0) is 12.4. The first-order valence-electron chi connectivity index (χ1n) is 6.36. The minimum atomic E-state index is -0.279. The van der Waals surface area contributed by atoms with E-state index in [4.69, 9.17) is 4.74 Å². The average Bonchev–Trinajstić information content (AvgIpc) is 2.80. The van der Waals surface area contributed by atoms with Gasteiger partial charge in [-0.05, 0) is 37.1 Å². The summed E-state index contributed by atoms with van der Waals surface area (Å²) in [5, 5.41) is 3.22. The molecular formula is C13H17FN2OS. The van der Waals surface area contributed by atoms with Gasteiger partial charge in [0.05, 0.1) is 5.60 Å². The molecule has 0 saturated carbocycles. The second-order valence-corrected chi connectivity index (χ2v) is 6.11. The fourth-order valence-electron chi connectivity index (χ4n) is 2.70. The summed E-state index contributed by atoms with van der Waals surface area (Å²) >= 11 is 1.95. The maximum absolute atomic E-state index is 13.6. The van der Waals surface area contributed by atoms with Gasteiger partial charge < -0.3 is 10.1 Å². The molecule has 1 spiro atoms. The maximum atomic E-state index is 13.6. The highest BCUT2D eigenvalue weighted by Crippen LogP contribution is 2.38. The molecule has 0 aromatic carbocycles. The van der Waals surface area contributed by atoms with Crippen molar-refractivity contribution in [3.63, 3.8) is 0 Å². The number of nitrogens with zero attached hydrogens (tertiary/aromatic N) is 1. The molecule has 2 fully saturated rings. The molecule has 0 radical (unpaired) electrons. The average molecular weight is 268 g/mol. The highest BCUT2D eigenvalue weighted by atomic mass is 32.2. The standard InChI is InChI=1S/C13H17FN2OS/c14-11-2-1-5-15-12(11)16-10-3-6-17-13(8-10)4-7-18-9-13/h1-2,5,10H,3-4,6-9H2,(H,15,16)/t10-,13-/m1/s1. The molecule has 3 nitrogen and oxygen atoms in total. The highest BCUT2D eigenvalue weighted by Gasteiger charge is 2.40. The number of anilines is 1. The van der Waals surface area contributed by atoms with Crippen molar-refractivity contribution in [1.82, 2.24) is 4.98 Å². The Balaban J connectivity index is 1.68. The molecule has 2 atom stereocenters. The van der Waals surface area contributed by atoms with Gasteiger partial charge in [-0.3, -0.25) is 0 Å². The highest BCUT2D eigenvalue weighted by molar-refractivity contribution is 7.99. The summed E-state index contributed by atoms with van der Waals surface area (Å²) in [4.78, 5) is 4.06. The Bertz CT molecular complexity index is 423. The molecule has 0 unspecified atom stereocenters. The van der Waals surface area contributed by atoms with Gasteiger partial charge in [-0.25, -0.2) is 9.37 Å². The van der Waals surface area contributed by atoms with Gasteiger partial charge in [-0.1, -0.05) is 0 Å². The van der Waals surface area contributed by atoms with Gasteiger partial charge in [-0.15, -0.1) is 0 Å². The van der Waals surface area contributed by atoms with Crippen LogP contribution in [0.2, 0.25) is 0 Å². The first-order chi connectivity index (χ1) is 8.77. The predicted octanol–water partition coefficient (Wildman–Crippen LogP) is 2.69.